The smallest absolute Gasteiger partial charge is 0.107 e. The first kappa shape index (κ1) is 43.7. The van der Waals surface area contributed by atoms with E-state index in [9.17, 15) is 0 Å². The highest BCUT2D eigenvalue weighted by molar-refractivity contribution is 6.11. The molecule has 2 N–H and O–H groups in total. The van der Waals surface area contributed by atoms with Gasteiger partial charge in [0, 0.05) is 28.3 Å². The van der Waals surface area contributed by atoms with Crippen molar-refractivity contribution in [2.45, 2.75) is 31.6 Å². The summed E-state index contributed by atoms with van der Waals surface area (Å²) >= 11 is 0. The molecule has 5 aliphatic rings. The van der Waals surface area contributed by atoms with Gasteiger partial charge in [-0.1, -0.05) is 243 Å². The van der Waals surface area contributed by atoms with Crippen molar-refractivity contribution in [1.29, 1.82) is 0 Å². The van der Waals surface area contributed by atoms with Crippen LogP contribution in [0.3, 0.4) is 0 Å². The van der Waals surface area contributed by atoms with Gasteiger partial charge in [0.2, 0.25) is 0 Å². The van der Waals surface area contributed by atoms with E-state index in [1.165, 1.54) is 61.4 Å². The van der Waals surface area contributed by atoms with Gasteiger partial charge >= 0.3 is 0 Å². The Hall–Kier alpha value is -8.53. The Bertz CT molecular complexity index is 3470. The summed E-state index contributed by atoms with van der Waals surface area (Å²) in [5.74, 6) is 1.56. The molecule has 0 bridgehead atoms. The molecule has 0 saturated heterocycles. The number of fused-ring (bicyclic) bond motifs is 3. The van der Waals surface area contributed by atoms with Crippen molar-refractivity contribution in [3.8, 4) is 22.3 Å². The Morgan fingerprint density at radius 2 is 1.21 bits per heavy atom. The number of nitrogens with zero attached hydrogens (tertiary/aromatic N) is 2. The molecule has 0 spiro atoms. The highest BCUT2D eigenvalue weighted by Gasteiger charge is 2.39. The predicted molar refractivity (Wildman–Crippen MR) is 298 cm³/mol. The Kier molecular flexibility index (Phi) is 11.8. The van der Waals surface area contributed by atoms with E-state index in [-0.39, 0.29) is 5.92 Å². The van der Waals surface area contributed by atoms with Crippen LogP contribution in [-0.2, 0) is 0 Å². The van der Waals surface area contributed by atoms with Crippen molar-refractivity contribution in [3.05, 3.63) is 305 Å². The number of amidine groups is 1. The summed E-state index contributed by atoms with van der Waals surface area (Å²) < 4.78 is 0. The lowest BCUT2D eigenvalue weighted by molar-refractivity contribution is 0.697. The number of hydrogen-bond acceptors (Lipinski definition) is 2. The van der Waals surface area contributed by atoms with Crippen LogP contribution in [0.4, 0.5) is 0 Å². The maximum atomic E-state index is 6.80. The summed E-state index contributed by atoms with van der Waals surface area (Å²) in [6, 6.07) is 68.3. The van der Waals surface area contributed by atoms with Gasteiger partial charge in [-0.2, -0.15) is 0 Å². The molecular weight excluding hydrogens is 859 g/mol. The van der Waals surface area contributed by atoms with E-state index >= 15 is 0 Å². The van der Waals surface area contributed by atoms with E-state index in [4.69, 9.17) is 17.3 Å². The monoisotopic (exact) mass is 913 g/mol. The van der Waals surface area contributed by atoms with Crippen LogP contribution in [0.2, 0.25) is 0 Å². The van der Waals surface area contributed by atoms with Crippen LogP contribution in [0.1, 0.15) is 70.5 Å². The van der Waals surface area contributed by atoms with Crippen LogP contribution >= 0.6 is 0 Å². The standard InChI is InChI=1S/C68H55N3/c1-46-42-62(50-22-9-3-10-23-50)65(52-24-11-4-12-25-52)67-60-33-18-17-32-59(60)64(66(71(46)67)54-26-13-5-14-27-54)53-40-36-49(37-41-53)48-34-38-51(39-35-48)63(70-68(69)55-28-15-6-16-29-55)45-58-44-61(58)57-31-19-30-56(43-57)47-20-7-2-8-21-47/h2-11,13-24,26-28,30-43,45,55,58,61H,1,12,25,29,44H2,(H2,69,70)/b63-45-. The summed E-state index contributed by atoms with van der Waals surface area (Å²) in [5, 5.41) is 0. The predicted octanol–water partition coefficient (Wildman–Crippen LogP) is 16.5. The molecule has 1 saturated carbocycles. The maximum absolute atomic E-state index is 6.80. The molecule has 0 radical (unpaired) electrons. The van der Waals surface area contributed by atoms with Crippen LogP contribution in [0.25, 0.3) is 50.5 Å². The fourth-order valence-corrected chi connectivity index (χ4v) is 10.9. The van der Waals surface area contributed by atoms with E-state index in [2.05, 4.69) is 248 Å². The highest BCUT2D eigenvalue weighted by Crippen LogP contribution is 2.54. The van der Waals surface area contributed by atoms with Gasteiger partial charge in [0.25, 0.3) is 0 Å². The lowest BCUT2D eigenvalue weighted by atomic mass is 9.77. The van der Waals surface area contributed by atoms with Gasteiger partial charge in [-0.3, -0.25) is 0 Å². The largest absolute Gasteiger partial charge is 0.387 e. The minimum Gasteiger partial charge on any atom is -0.387 e. The first-order chi connectivity index (χ1) is 35.1. The fourth-order valence-electron chi connectivity index (χ4n) is 10.9. The van der Waals surface area contributed by atoms with Crippen LogP contribution < -0.4 is 5.73 Å². The third-order valence-corrected chi connectivity index (χ3v) is 14.6. The SMILES string of the molecule is C=C1C=C(c2ccccc2)C(C2=CC=CCC2)=C2c3ccccc3C(c3ccc(-c4ccc(C(=C/C5CC5c5cccc(-c6ccccc6)c5)/N=C(\N)C5C=CC=CC5)cc4)cc3)=C(c3ccccc3)N12. The number of benzene rings is 7. The molecule has 71 heavy (non-hydrogen) atoms. The van der Waals surface area contributed by atoms with Crippen molar-refractivity contribution in [2.24, 2.45) is 22.6 Å². The molecule has 3 unspecified atom stereocenters. The van der Waals surface area contributed by atoms with E-state index in [1.54, 1.807) is 0 Å². The molecule has 1 fully saturated rings. The van der Waals surface area contributed by atoms with Gasteiger partial charge in [-0.15, -0.1) is 0 Å². The van der Waals surface area contributed by atoms with Gasteiger partial charge in [-0.25, -0.2) is 4.99 Å². The van der Waals surface area contributed by atoms with Crippen molar-refractivity contribution < 1.29 is 0 Å². The third kappa shape index (κ3) is 8.66. The quantitative estimate of drug-likeness (QED) is 0.104. The molecule has 0 aromatic heterocycles. The molecule has 3 nitrogen and oxygen atoms in total. The molecule has 2 heterocycles. The average Bonchev–Trinajstić information content (AvgIpc) is 4.23. The van der Waals surface area contributed by atoms with Crippen LogP contribution in [0.15, 0.2) is 271 Å². The molecule has 342 valence electrons. The van der Waals surface area contributed by atoms with E-state index in [0.717, 1.165) is 70.6 Å². The molecule has 7 aromatic rings. The Morgan fingerprint density at radius 3 is 1.90 bits per heavy atom. The second kappa shape index (κ2) is 19.1. The van der Waals surface area contributed by atoms with Crippen LogP contribution in [0, 0.1) is 11.8 Å². The fraction of sp³-hybridized carbons (Fsp3) is 0.103. The number of nitrogens with two attached hydrogens (primary N) is 1. The van der Waals surface area contributed by atoms with Crippen LogP contribution in [-0.4, -0.2) is 10.7 Å². The highest BCUT2D eigenvalue weighted by atomic mass is 15.2. The van der Waals surface area contributed by atoms with Gasteiger partial charge in [0.15, 0.2) is 0 Å². The number of rotatable bonds is 11. The summed E-state index contributed by atoms with van der Waals surface area (Å²) in [5.41, 5.74) is 29.2. The minimum absolute atomic E-state index is 0.0833. The van der Waals surface area contributed by atoms with Gasteiger partial charge in [0.1, 0.15) is 5.84 Å². The first-order valence-electron chi connectivity index (χ1n) is 25.1. The van der Waals surface area contributed by atoms with Crippen molar-refractivity contribution in [2.75, 3.05) is 0 Å². The zero-order valence-electron chi connectivity index (χ0n) is 39.8. The van der Waals surface area contributed by atoms with Gasteiger partial charge < -0.3 is 10.6 Å². The lowest BCUT2D eigenvalue weighted by Gasteiger charge is -2.43. The second-order valence-electron chi connectivity index (χ2n) is 19.2. The summed E-state index contributed by atoms with van der Waals surface area (Å²) in [7, 11) is 0. The molecule has 3 aliphatic carbocycles. The van der Waals surface area contributed by atoms with Crippen molar-refractivity contribution in [1.82, 2.24) is 4.90 Å². The molecule has 3 atom stereocenters. The van der Waals surface area contributed by atoms with Gasteiger partial charge in [-0.05, 0) is 110 Å². The number of aliphatic imine (C=N–C) groups is 1. The molecule has 12 rings (SSSR count). The number of allylic oxidation sites excluding steroid dienone is 11. The zero-order chi connectivity index (χ0) is 47.7. The number of hydrogen-bond donors (Lipinski definition) is 1. The topological polar surface area (TPSA) is 41.6 Å². The molecule has 2 aliphatic heterocycles. The minimum atomic E-state index is 0.0833. The van der Waals surface area contributed by atoms with E-state index < -0.39 is 0 Å². The van der Waals surface area contributed by atoms with Gasteiger partial charge in [0.05, 0.1) is 17.1 Å². The van der Waals surface area contributed by atoms with Crippen LogP contribution in [0.5, 0.6) is 0 Å². The Balaban J connectivity index is 0.905. The Labute approximate surface area is 418 Å². The first-order valence-corrected chi connectivity index (χ1v) is 25.1. The Morgan fingerprint density at radius 1 is 0.577 bits per heavy atom. The summed E-state index contributed by atoms with van der Waals surface area (Å²) in [4.78, 5) is 7.63. The maximum Gasteiger partial charge on any atom is 0.107 e. The molecule has 7 aromatic carbocycles. The van der Waals surface area contributed by atoms with E-state index in [0.29, 0.717) is 17.7 Å². The van der Waals surface area contributed by atoms with E-state index in [1.807, 2.05) is 0 Å². The molecule has 0 amide bonds. The molecular formula is C68H55N3. The third-order valence-electron chi connectivity index (χ3n) is 14.6. The van der Waals surface area contributed by atoms with Crippen molar-refractivity contribution >= 4 is 34.1 Å². The zero-order valence-corrected chi connectivity index (χ0v) is 39.8. The lowest BCUT2D eigenvalue weighted by Crippen LogP contribution is -2.29. The van der Waals surface area contributed by atoms with Crippen molar-refractivity contribution in [3.63, 3.8) is 0 Å². The second-order valence-corrected chi connectivity index (χ2v) is 19.2. The summed E-state index contributed by atoms with van der Waals surface area (Å²) in [6.45, 7) is 4.82. The molecule has 3 heteroatoms. The summed E-state index contributed by atoms with van der Waals surface area (Å²) in [6.07, 6.45) is 23.9. The average molecular weight is 914 g/mol. The normalized spacial score (nSPS) is 19.6.